The molecule has 21 heavy (non-hydrogen) atoms. The largest absolute Gasteiger partial charge is 0.469 e. The number of nitrogens with two attached hydrogens (primary N) is 1. The Bertz CT molecular complexity index is 677. The zero-order valence-electron chi connectivity index (χ0n) is 11.8. The highest BCUT2D eigenvalue weighted by Gasteiger charge is 2.51. The van der Waals surface area contributed by atoms with E-state index in [1.54, 1.807) is 0 Å². The van der Waals surface area contributed by atoms with Gasteiger partial charge in [-0.15, -0.1) is 0 Å². The van der Waals surface area contributed by atoms with Crippen molar-refractivity contribution in [2.75, 3.05) is 7.11 Å². The molecule has 0 spiro atoms. The Morgan fingerprint density at radius 1 is 0.905 bits per heavy atom. The Morgan fingerprint density at radius 3 is 1.76 bits per heavy atom. The summed E-state index contributed by atoms with van der Waals surface area (Å²) < 4.78 is 5.02. The van der Waals surface area contributed by atoms with Crippen LogP contribution in [0.2, 0.25) is 0 Å². The predicted molar refractivity (Wildman–Crippen MR) is 80.1 cm³/mol. The fraction of sp³-hybridized carbons (Fsp3) is 0.278. The monoisotopic (exact) mass is 279 g/mol. The SMILES string of the molecule is COC(=O)[C@@H]1C2c3ccccc3C(c3ccccc32)[C@@H]1N. The van der Waals surface area contributed by atoms with Crippen molar-refractivity contribution in [3.05, 3.63) is 70.8 Å². The van der Waals surface area contributed by atoms with Crippen LogP contribution < -0.4 is 5.73 Å². The highest BCUT2D eigenvalue weighted by molar-refractivity contribution is 5.79. The summed E-state index contributed by atoms with van der Waals surface area (Å²) in [5, 5.41) is 0. The fourth-order valence-corrected chi connectivity index (χ4v) is 4.15. The van der Waals surface area contributed by atoms with E-state index in [2.05, 4.69) is 24.3 Å². The third-order valence-corrected chi connectivity index (χ3v) is 4.96. The lowest BCUT2D eigenvalue weighted by atomic mass is 9.57. The molecule has 0 heterocycles. The average molecular weight is 279 g/mol. The smallest absolute Gasteiger partial charge is 0.311 e. The molecule has 2 atom stereocenters. The van der Waals surface area contributed by atoms with E-state index in [0.717, 1.165) is 0 Å². The van der Waals surface area contributed by atoms with Crippen LogP contribution in [-0.4, -0.2) is 19.1 Å². The first-order chi connectivity index (χ1) is 10.2. The van der Waals surface area contributed by atoms with Gasteiger partial charge in [0.25, 0.3) is 0 Å². The molecule has 0 saturated heterocycles. The van der Waals surface area contributed by atoms with Gasteiger partial charge in [-0.1, -0.05) is 48.5 Å². The summed E-state index contributed by atoms with van der Waals surface area (Å²) in [6, 6.07) is 16.4. The van der Waals surface area contributed by atoms with Crippen molar-refractivity contribution in [3.63, 3.8) is 0 Å². The van der Waals surface area contributed by atoms with Crippen LogP contribution in [0.15, 0.2) is 48.5 Å². The normalized spacial score (nSPS) is 28.7. The molecule has 0 saturated carbocycles. The number of ether oxygens (including phenoxy) is 1. The van der Waals surface area contributed by atoms with E-state index < -0.39 is 0 Å². The topological polar surface area (TPSA) is 52.3 Å². The fourth-order valence-electron chi connectivity index (χ4n) is 4.15. The first-order valence-corrected chi connectivity index (χ1v) is 7.25. The van der Waals surface area contributed by atoms with Crippen molar-refractivity contribution in [2.45, 2.75) is 17.9 Å². The molecule has 3 aliphatic carbocycles. The minimum absolute atomic E-state index is 0.00449. The molecule has 3 nitrogen and oxygen atoms in total. The molecule has 0 aromatic heterocycles. The Balaban J connectivity index is 2.00. The number of hydrogen-bond acceptors (Lipinski definition) is 3. The first-order valence-electron chi connectivity index (χ1n) is 7.25. The van der Waals surface area contributed by atoms with Crippen LogP contribution in [0.1, 0.15) is 34.1 Å². The summed E-state index contributed by atoms with van der Waals surface area (Å²) in [6.07, 6.45) is 0. The van der Waals surface area contributed by atoms with Crippen LogP contribution in [0.4, 0.5) is 0 Å². The van der Waals surface area contributed by atoms with Gasteiger partial charge in [0, 0.05) is 17.9 Å². The lowest BCUT2D eigenvalue weighted by Gasteiger charge is -2.48. The third-order valence-electron chi connectivity index (χ3n) is 4.96. The molecule has 2 aromatic rings. The quantitative estimate of drug-likeness (QED) is 0.815. The summed E-state index contributed by atoms with van der Waals surface area (Å²) in [7, 11) is 1.44. The van der Waals surface area contributed by atoms with E-state index in [9.17, 15) is 4.79 Å². The summed E-state index contributed by atoms with van der Waals surface area (Å²) in [5.74, 6) is -0.428. The standard InChI is InChI=1S/C18H17NO2/c1-21-18(20)16-14-10-6-2-4-8-12(10)15(17(16)19)13-9-5-3-7-11(13)14/h2-9,14-17H,19H2,1H3/t14?,15?,16-,17+/m1/s1. The minimum Gasteiger partial charge on any atom is -0.469 e. The van der Waals surface area contributed by atoms with Gasteiger partial charge in [-0.25, -0.2) is 0 Å². The van der Waals surface area contributed by atoms with Crippen LogP contribution in [0.3, 0.4) is 0 Å². The third kappa shape index (κ3) is 1.55. The van der Waals surface area contributed by atoms with Gasteiger partial charge >= 0.3 is 5.97 Å². The molecule has 3 heteroatoms. The summed E-state index contributed by atoms with van der Waals surface area (Å²) >= 11 is 0. The summed E-state index contributed by atoms with van der Waals surface area (Å²) in [5.41, 5.74) is 11.4. The molecule has 2 aromatic carbocycles. The number of rotatable bonds is 1. The van der Waals surface area contributed by atoms with Gasteiger partial charge in [-0.3, -0.25) is 4.79 Å². The van der Waals surface area contributed by atoms with E-state index in [1.165, 1.54) is 29.4 Å². The Labute approximate surface area is 123 Å². The molecule has 0 amide bonds. The van der Waals surface area contributed by atoms with Crippen molar-refractivity contribution in [1.82, 2.24) is 0 Å². The number of fused-ring (bicyclic) bond motifs is 1. The molecular weight excluding hydrogens is 262 g/mol. The van der Waals surface area contributed by atoms with E-state index in [-0.39, 0.29) is 29.8 Å². The Hall–Kier alpha value is -2.13. The van der Waals surface area contributed by atoms with Crippen molar-refractivity contribution in [1.29, 1.82) is 0 Å². The number of hydrogen-bond donors (Lipinski definition) is 1. The van der Waals surface area contributed by atoms with Crippen molar-refractivity contribution in [2.24, 2.45) is 11.7 Å². The molecular formula is C18H17NO2. The van der Waals surface area contributed by atoms with Crippen LogP contribution in [0.5, 0.6) is 0 Å². The lowest BCUT2D eigenvalue weighted by Crippen LogP contribution is -2.51. The zero-order valence-corrected chi connectivity index (χ0v) is 11.8. The number of carbonyl (C=O) groups excluding carboxylic acids is 1. The minimum atomic E-state index is -0.301. The number of benzene rings is 2. The van der Waals surface area contributed by atoms with Gasteiger partial charge in [0.15, 0.2) is 0 Å². The van der Waals surface area contributed by atoms with Gasteiger partial charge in [0.2, 0.25) is 0 Å². The van der Waals surface area contributed by atoms with E-state index in [0.29, 0.717) is 0 Å². The van der Waals surface area contributed by atoms with Gasteiger partial charge in [-0.05, 0) is 22.3 Å². The second kappa shape index (κ2) is 4.43. The molecule has 3 aliphatic rings. The highest BCUT2D eigenvalue weighted by Crippen LogP contribution is 2.54. The maximum atomic E-state index is 12.3. The lowest BCUT2D eigenvalue weighted by molar-refractivity contribution is -0.147. The first kappa shape index (κ1) is 12.6. The summed E-state index contributed by atoms with van der Waals surface area (Å²) in [6.45, 7) is 0. The molecule has 5 rings (SSSR count). The van der Waals surface area contributed by atoms with E-state index in [1.807, 2.05) is 24.3 Å². The second-order valence-corrected chi connectivity index (χ2v) is 5.84. The van der Waals surface area contributed by atoms with Gasteiger partial charge in [0.05, 0.1) is 13.0 Å². The van der Waals surface area contributed by atoms with Crippen LogP contribution >= 0.6 is 0 Å². The molecule has 0 aliphatic heterocycles. The summed E-state index contributed by atoms with van der Waals surface area (Å²) in [4.78, 5) is 12.3. The predicted octanol–water partition coefficient (Wildman–Crippen LogP) is 2.39. The van der Waals surface area contributed by atoms with Crippen LogP contribution in [0, 0.1) is 5.92 Å². The van der Waals surface area contributed by atoms with E-state index >= 15 is 0 Å². The number of carbonyl (C=O) groups is 1. The van der Waals surface area contributed by atoms with E-state index in [4.69, 9.17) is 10.5 Å². The van der Waals surface area contributed by atoms with Gasteiger partial charge in [0.1, 0.15) is 0 Å². The van der Waals surface area contributed by atoms with Gasteiger partial charge < -0.3 is 10.5 Å². The maximum absolute atomic E-state index is 12.3. The molecule has 2 N–H and O–H groups in total. The molecule has 0 radical (unpaired) electrons. The molecule has 106 valence electrons. The van der Waals surface area contributed by atoms with Crippen molar-refractivity contribution < 1.29 is 9.53 Å². The van der Waals surface area contributed by atoms with Crippen LogP contribution in [0.25, 0.3) is 0 Å². The molecule has 0 unspecified atom stereocenters. The van der Waals surface area contributed by atoms with Crippen LogP contribution in [-0.2, 0) is 9.53 Å². The molecule has 0 fully saturated rings. The molecule has 2 bridgehead atoms. The number of methoxy groups -OCH3 is 1. The second-order valence-electron chi connectivity index (χ2n) is 5.84. The Kier molecular flexibility index (Phi) is 2.66. The highest BCUT2D eigenvalue weighted by atomic mass is 16.5. The maximum Gasteiger partial charge on any atom is 0.311 e. The zero-order chi connectivity index (χ0) is 14.6. The Morgan fingerprint density at radius 2 is 1.33 bits per heavy atom. The van der Waals surface area contributed by atoms with Crippen molar-refractivity contribution in [3.8, 4) is 0 Å². The van der Waals surface area contributed by atoms with Crippen molar-refractivity contribution >= 4 is 5.97 Å². The van der Waals surface area contributed by atoms with Gasteiger partial charge in [-0.2, -0.15) is 0 Å². The average Bonchev–Trinajstić information content (AvgIpc) is 2.54. The number of esters is 1.